The molecule has 3 aromatic rings. The molecule has 2 unspecified atom stereocenters. The Kier molecular flexibility index (Phi) is 4.55. The lowest BCUT2D eigenvalue weighted by molar-refractivity contribution is -0.122. The largest absolute Gasteiger partial charge is 0.303 e. The second-order valence-electron chi connectivity index (χ2n) is 8.00. The van der Waals surface area contributed by atoms with E-state index in [9.17, 15) is 9.18 Å². The van der Waals surface area contributed by atoms with Gasteiger partial charge in [-0.1, -0.05) is 0 Å². The minimum absolute atomic E-state index is 0.257. The monoisotopic (exact) mass is 411 g/mol. The third-order valence-electron chi connectivity index (χ3n) is 6.14. The summed E-state index contributed by atoms with van der Waals surface area (Å²) in [5.74, 6) is 0.0245. The van der Waals surface area contributed by atoms with Crippen molar-refractivity contribution >= 4 is 18.2 Å². The molecule has 2 atom stereocenters. The zero-order valence-corrected chi connectivity index (χ0v) is 17.0. The quantitative estimate of drug-likeness (QED) is 0.488. The van der Waals surface area contributed by atoms with Gasteiger partial charge in [0.15, 0.2) is 0 Å². The number of hydrogen-bond acceptors (Lipinski definition) is 5. The molecule has 0 bridgehead atoms. The van der Waals surface area contributed by atoms with Gasteiger partial charge in [-0.15, -0.1) is 0 Å². The summed E-state index contributed by atoms with van der Waals surface area (Å²) in [6.07, 6.45) is 7.42. The van der Waals surface area contributed by atoms with Crippen LogP contribution in [0.25, 0.3) is 5.69 Å². The van der Waals surface area contributed by atoms with E-state index in [-0.39, 0.29) is 11.7 Å². The van der Waals surface area contributed by atoms with E-state index >= 15 is 0 Å². The van der Waals surface area contributed by atoms with E-state index in [4.69, 9.17) is 0 Å². The molecule has 150 valence electrons. The molecular weight excluding hydrogens is 389 g/mol. The van der Waals surface area contributed by atoms with Gasteiger partial charge in [-0.2, -0.15) is 10.2 Å². The summed E-state index contributed by atoms with van der Waals surface area (Å²) in [7, 11) is 1.91. The van der Waals surface area contributed by atoms with Gasteiger partial charge in [0.1, 0.15) is 17.1 Å². The molecule has 3 heterocycles. The van der Waals surface area contributed by atoms with Gasteiger partial charge in [-0.3, -0.25) is 4.68 Å². The third-order valence-corrected chi connectivity index (χ3v) is 7.12. The molecule has 0 saturated carbocycles. The van der Waals surface area contributed by atoms with Crippen molar-refractivity contribution in [1.82, 2.24) is 23.9 Å². The van der Waals surface area contributed by atoms with Crippen LogP contribution < -0.4 is 0 Å². The Morgan fingerprint density at radius 2 is 2.10 bits per heavy atom. The van der Waals surface area contributed by atoms with Crippen molar-refractivity contribution in [3.05, 3.63) is 59.8 Å². The highest BCUT2D eigenvalue weighted by atomic mass is 32.2. The van der Waals surface area contributed by atoms with Gasteiger partial charge in [-0.25, -0.2) is 13.4 Å². The summed E-state index contributed by atoms with van der Waals surface area (Å²) in [5.41, 5.74) is 2.71. The summed E-state index contributed by atoms with van der Waals surface area (Å²) in [6, 6.07) is 8.40. The van der Waals surface area contributed by atoms with Gasteiger partial charge in [0.2, 0.25) is 0 Å². The molecule has 0 spiro atoms. The Hall–Kier alpha value is -2.45. The minimum atomic E-state index is -0.399. The molecule has 1 aliphatic heterocycles. The van der Waals surface area contributed by atoms with Crippen LogP contribution >= 0.6 is 11.9 Å². The Labute approximate surface area is 172 Å². The fraction of sp³-hybridized carbons (Fsp3) is 0.381. The SMILES string of the molecule is Cn1ccc(SN2CCC3Cc4c(cnn4-c4ccc(F)cc4)CC3(C=O)C2)n1. The fourth-order valence-electron chi connectivity index (χ4n) is 4.62. The predicted octanol–water partition coefficient (Wildman–Crippen LogP) is 3.06. The molecule has 8 heteroatoms. The maximum atomic E-state index is 13.3. The molecular formula is C21H22FN5OS. The summed E-state index contributed by atoms with van der Waals surface area (Å²) < 4.78 is 19.3. The van der Waals surface area contributed by atoms with E-state index in [1.54, 1.807) is 28.8 Å². The lowest BCUT2D eigenvalue weighted by Crippen LogP contribution is -2.51. The molecule has 1 aromatic carbocycles. The van der Waals surface area contributed by atoms with Crippen LogP contribution in [-0.2, 0) is 24.7 Å². The van der Waals surface area contributed by atoms with Crippen LogP contribution in [0.4, 0.5) is 4.39 Å². The van der Waals surface area contributed by atoms with Gasteiger partial charge in [0, 0.05) is 37.4 Å². The first kappa shape index (κ1) is 18.6. The highest BCUT2D eigenvalue weighted by Crippen LogP contribution is 2.46. The number of nitrogens with zero attached hydrogens (tertiary/aromatic N) is 5. The number of aromatic nitrogens is 4. The maximum absolute atomic E-state index is 13.3. The molecule has 1 fully saturated rings. The number of carbonyl (C=O) groups excluding carboxylic acids is 1. The Bertz CT molecular complexity index is 1050. The number of halogens is 1. The normalized spacial score (nSPS) is 24.1. The summed E-state index contributed by atoms with van der Waals surface area (Å²) in [6.45, 7) is 1.63. The van der Waals surface area contributed by atoms with Gasteiger partial charge in [0.25, 0.3) is 0 Å². The summed E-state index contributed by atoms with van der Waals surface area (Å²) >= 11 is 1.63. The van der Waals surface area contributed by atoms with Crippen molar-refractivity contribution in [2.75, 3.05) is 13.1 Å². The first-order valence-corrected chi connectivity index (χ1v) is 10.5. The van der Waals surface area contributed by atoms with Crippen LogP contribution in [0.1, 0.15) is 17.7 Å². The smallest absolute Gasteiger partial charge is 0.133 e. The lowest BCUT2D eigenvalue weighted by Gasteiger charge is -2.47. The van der Waals surface area contributed by atoms with Gasteiger partial charge < -0.3 is 4.79 Å². The highest BCUT2D eigenvalue weighted by Gasteiger charge is 2.48. The fourth-order valence-corrected chi connectivity index (χ4v) is 5.68. The highest BCUT2D eigenvalue weighted by molar-refractivity contribution is 7.97. The van der Waals surface area contributed by atoms with Gasteiger partial charge >= 0.3 is 0 Å². The second-order valence-corrected chi connectivity index (χ2v) is 9.12. The average Bonchev–Trinajstić information content (AvgIpc) is 3.32. The number of rotatable bonds is 4. The Balaban J connectivity index is 1.41. The zero-order chi connectivity index (χ0) is 20.0. The van der Waals surface area contributed by atoms with Crippen molar-refractivity contribution in [3.63, 3.8) is 0 Å². The maximum Gasteiger partial charge on any atom is 0.133 e. The van der Waals surface area contributed by atoms with Gasteiger partial charge in [-0.05, 0) is 73.0 Å². The Morgan fingerprint density at radius 3 is 2.83 bits per heavy atom. The van der Waals surface area contributed by atoms with E-state index < -0.39 is 5.41 Å². The second kappa shape index (κ2) is 7.11. The van der Waals surface area contributed by atoms with Crippen molar-refractivity contribution in [3.8, 4) is 5.69 Å². The average molecular weight is 412 g/mol. The van der Waals surface area contributed by atoms with Crippen LogP contribution in [-0.4, -0.2) is 43.2 Å². The van der Waals surface area contributed by atoms with E-state index in [0.717, 1.165) is 41.4 Å². The molecule has 1 aliphatic carbocycles. The van der Waals surface area contributed by atoms with E-state index in [0.29, 0.717) is 13.0 Å². The summed E-state index contributed by atoms with van der Waals surface area (Å²) in [5, 5.41) is 9.95. The standard InChI is InChI=1S/C21H22FN5OS/c1-25-8-7-20(24-25)29-26-9-6-16-10-19-15(11-21(16,13-26)14-28)12-23-27(19)18-4-2-17(22)3-5-18/h2-5,7-8,12,14,16H,6,9-11,13H2,1H3. The minimum Gasteiger partial charge on any atom is -0.303 e. The molecule has 0 N–H and O–H groups in total. The first-order valence-electron chi connectivity index (χ1n) is 9.77. The van der Waals surface area contributed by atoms with E-state index in [1.165, 1.54) is 18.4 Å². The molecule has 0 radical (unpaired) electrons. The molecule has 6 nitrogen and oxygen atoms in total. The molecule has 0 amide bonds. The van der Waals surface area contributed by atoms with E-state index in [1.807, 2.05) is 30.2 Å². The lowest BCUT2D eigenvalue weighted by atomic mass is 9.64. The molecule has 2 aliphatic rings. The first-order chi connectivity index (χ1) is 14.1. The summed E-state index contributed by atoms with van der Waals surface area (Å²) in [4.78, 5) is 12.3. The van der Waals surface area contributed by atoms with Crippen LogP contribution in [0.5, 0.6) is 0 Å². The Morgan fingerprint density at radius 1 is 1.28 bits per heavy atom. The van der Waals surface area contributed by atoms with Crippen molar-refractivity contribution in [1.29, 1.82) is 0 Å². The van der Waals surface area contributed by atoms with Crippen LogP contribution in [0.2, 0.25) is 0 Å². The van der Waals surface area contributed by atoms with E-state index in [2.05, 4.69) is 14.5 Å². The van der Waals surface area contributed by atoms with Crippen molar-refractivity contribution < 1.29 is 9.18 Å². The number of aldehydes is 1. The zero-order valence-electron chi connectivity index (χ0n) is 16.2. The van der Waals surface area contributed by atoms with Gasteiger partial charge in [0.05, 0.1) is 11.9 Å². The predicted molar refractivity (Wildman–Crippen MR) is 108 cm³/mol. The van der Waals surface area contributed by atoms with Crippen LogP contribution in [0.15, 0.2) is 47.8 Å². The number of hydrogen-bond donors (Lipinski definition) is 0. The molecule has 29 heavy (non-hydrogen) atoms. The number of fused-ring (bicyclic) bond motifs is 2. The molecule has 5 rings (SSSR count). The van der Waals surface area contributed by atoms with Crippen LogP contribution in [0, 0.1) is 17.2 Å². The van der Waals surface area contributed by atoms with Crippen molar-refractivity contribution in [2.24, 2.45) is 18.4 Å². The number of aryl methyl sites for hydroxylation is 1. The molecule has 1 saturated heterocycles. The molecule has 2 aromatic heterocycles. The van der Waals surface area contributed by atoms with Crippen molar-refractivity contribution in [2.45, 2.75) is 24.3 Å². The number of benzene rings is 1. The number of carbonyl (C=O) groups is 1. The third kappa shape index (κ3) is 3.30. The van der Waals surface area contributed by atoms with Crippen LogP contribution in [0.3, 0.4) is 0 Å². The topological polar surface area (TPSA) is 56.0 Å². The number of piperidine rings is 1.